The molecule has 31 heavy (non-hydrogen) atoms. The molecule has 4 aromatic rings. The number of nitro groups is 1. The molecule has 0 N–H and O–H groups in total. The minimum absolute atomic E-state index is 0.0248. The molecule has 12 heteroatoms. The van der Waals surface area contributed by atoms with E-state index in [1.165, 1.54) is 18.5 Å². The molecule has 0 saturated carbocycles. The standard InChI is InChI=1S/C19H14N6O5S/c1-24-11-20-23-19(24)31-15-8-7-13(9-14(15)25(27)28)18(26)29-10-16-21-22-17(30-16)12-5-3-2-4-6-12/h2-9,11H,10H2,1H3. The summed E-state index contributed by atoms with van der Waals surface area (Å²) >= 11 is 1.07. The van der Waals surface area contributed by atoms with Gasteiger partial charge in [0.15, 0.2) is 11.8 Å². The van der Waals surface area contributed by atoms with E-state index in [1.54, 1.807) is 11.6 Å². The first-order valence-corrected chi connectivity index (χ1v) is 9.68. The minimum atomic E-state index is -0.752. The Bertz CT molecular complexity index is 1240. The van der Waals surface area contributed by atoms with Gasteiger partial charge in [-0.1, -0.05) is 18.2 Å². The fourth-order valence-corrected chi connectivity index (χ4v) is 3.41. The fraction of sp³-hybridized carbons (Fsp3) is 0.105. The molecule has 0 aliphatic rings. The van der Waals surface area contributed by atoms with Gasteiger partial charge in [-0.15, -0.1) is 20.4 Å². The maximum Gasteiger partial charge on any atom is 0.338 e. The highest BCUT2D eigenvalue weighted by atomic mass is 32.2. The highest BCUT2D eigenvalue weighted by Gasteiger charge is 2.21. The molecule has 0 aliphatic heterocycles. The Morgan fingerprint density at radius 2 is 2.00 bits per heavy atom. The largest absolute Gasteiger partial charge is 0.452 e. The monoisotopic (exact) mass is 438 g/mol. The topological polar surface area (TPSA) is 139 Å². The summed E-state index contributed by atoms with van der Waals surface area (Å²) in [5, 5.41) is 27.4. The molecule has 0 radical (unpaired) electrons. The van der Waals surface area contributed by atoms with Gasteiger partial charge < -0.3 is 13.7 Å². The Morgan fingerprint density at radius 3 is 2.71 bits per heavy atom. The second-order valence-corrected chi connectivity index (χ2v) is 7.22. The molecule has 0 aliphatic carbocycles. The van der Waals surface area contributed by atoms with E-state index >= 15 is 0 Å². The average Bonchev–Trinajstić information content (AvgIpc) is 3.42. The lowest BCUT2D eigenvalue weighted by Crippen LogP contribution is -2.06. The van der Waals surface area contributed by atoms with Gasteiger partial charge in [0, 0.05) is 18.7 Å². The molecule has 4 rings (SSSR count). The third-order valence-electron chi connectivity index (χ3n) is 4.08. The van der Waals surface area contributed by atoms with Crippen molar-refractivity contribution in [3.05, 3.63) is 76.4 Å². The number of aryl methyl sites for hydroxylation is 1. The van der Waals surface area contributed by atoms with Crippen molar-refractivity contribution in [2.75, 3.05) is 0 Å². The van der Waals surface area contributed by atoms with Gasteiger partial charge in [0.2, 0.25) is 5.89 Å². The molecule has 2 aromatic carbocycles. The zero-order valence-electron chi connectivity index (χ0n) is 16.0. The van der Waals surface area contributed by atoms with Crippen molar-refractivity contribution in [3.63, 3.8) is 0 Å². The van der Waals surface area contributed by atoms with Gasteiger partial charge in [0.05, 0.1) is 15.4 Å². The number of hydrogen-bond acceptors (Lipinski definition) is 10. The summed E-state index contributed by atoms with van der Waals surface area (Å²) in [6.07, 6.45) is 1.49. The van der Waals surface area contributed by atoms with Crippen molar-refractivity contribution >= 4 is 23.4 Å². The predicted molar refractivity (Wildman–Crippen MR) is 107 cm³/mol. The Labute approximate surface area is 179 Å². The number of esters is 1. The number of carbonyl (C=O) groups is 1. The van der Waals surface area contributed by atoms with Crippen molar-refractivity contribution < 1.29 is 18.9 Å². The first-order chi connectivity index (χ1) is 15.0. The van der Waals surface area contributed by atoms with Crippen LogP contribution in [-0.4, -0.2) is 35.9 Å². The van der Waals surface area contributed by atoms with E-state index in [0.29, 0.717) is 15.9 Å². The van der Waals surface area contributed by atoms with Gasteiger partial charge in [-0.2, -0.15) is 0 Å². The quantitative estimate of drug-likeness (QED) is 0.240. The number of hydrogen-bond donors (Lipinski definition) is 0. The minimum Gasteiger partial charge on any atom is -0.452 e. The molecular weight excluding hydrogens is 424 g/mol. The SMILES string of the molecule is Cn1cnnc1Sc1ccc(C(=O)OCc2nnc(-c3ccccc3)o2)cc1[N+](=O)[O-]. The van der Waals surface area contributed by atoms with Gasteiger partial charge in [-0.3, -0.25) is 10.1 Å². The molecule has 0 saturated heterocycles. The number of ether oxygens (including phenoxy) is 1. The van der Waals surface area contributed by atoms with Crippen molar-refractivity contribution in [1.29, 1.82) is 0 Å². The van der Waals surface area contributed by atoms with Crippen molar-refractivity contribution in [1.82, 2.24) is 25.0 Å². The summed E-state index contributed by atoms with van der Waals surface area (Å²) in [6, 6.07) is 13.2. The van der Waals surface area contributed by atoms with Crippen LogP contribution >= 0.6 is 11.8 Å². The molecule has 11 nitrogen and oxygen atoms in total. The maximum absolute atomic E-state index is 12.4. The maximum atomic E-state index is 12.4. The molecule has 0 bridgehead atoms. The van der Waals surface area contributed by atoms with Crippen LogP contribution in [0.5, 0.6) is 0 Å². The third kappa shape index (κ3) is 4.59. The van der Waals surface area contributed by atoms with E-state index < -0.39 is 10.9 Å². The van der Waals surface area contributed by atoms with E-state index in [0.717, 1.165) is 23.4 Å². The van der Waals surface area contributed by atoms with Crippen LogP contribution in [-0.2, 0) is 18.4 Å². The fourth-order valence-electron chi connectivity index (χ4n) is 2.56. The number of carbonyl (C=O) groups excluding carboxylic acids is 1. The summed E-state index contributed by atoms with van der Waals surface area (Å²) in [5.74, 6) is -0.346. The molecule has 2 heterocycles. The smallest absolute Gasteiger partial charge is 0.338 e. The lowest BCUT2D eigenvalue weighted by atomic mass is 10.2. The molecule has 0 atom stereocenters. The lowest BCUT2D eigenvalue weighted by molar-refractivity contribution is -0.387. The summed E-state index contributed by atoms with van der Waals surface area (Å²) in [4.78, 5) is 23.6. The predicted octanol–water partition coefficient (Wildman–Crippen LogP) is 3.28. The van der Waals surface area contributed by atoms with E-state index in [9.17, 15) is 14.9 Å². The van der Waals surface area contributed by atoms with E-state index in [2.05, 4.69) is 20.4 Å². The Morgan fingerprint density at radius 1 is 1.19 bits per heavy atom. The highest BCUT2D eigenvalue weighted by molar-refractivity contribution is 7.99. The van der Waals surface area contributed by atoms with Crippen LogP contribution in [0.3, 0.4) is 0 Å². The van der Waals surface area contributed by atoms with Gasteiger partial charge in [-0.25, -0.2) is 4.79 Å². The van der Waals surface area contributed by atoms with Gasteiger partial charge in [0.1, 0.15) is 6.33 Å². The van der Waals surface area contributed by atoms with Crippen LogP contribution in [0.4, 0.5) is 5.69 Å². The summed E-state index contributed by atoms with van der Waals surface area (Å²) in [5.41, 5.74) is 0.516. The Balaban J connectivity index is 1.46. The van der Waals surface area contributed by atoms with Gasteiger partial charge in [-0.05, 0) is 36.0 Å². The zero-order chi connectivity index (χ0) is 21.8. The average molecular weight is 438 g/mol. The normalized spacial score (nSPS) is 10.7. The number of aromatic nitrogens is 5. The van der Waals surface area contributed by atoms with Crippen LogP contribution in [0.15, 0.2) is 69.3 Å². The summed E-state index contributed by atoms with van der Waals surface area (Å²) < 4.78 is 12.3. The molecule has 0 fully saturated rings. The molecule has 0 unspecified atom stereocenters. The van der Waals surface area contributed by atoms with Crippen LogP contribution in [0.2, 0.25) is 0 Å². The molecule has 2 aromatic heterocycles. The van der Waals surface area contributed by atoms with E-state index in [1.807, 2.05) is 30.3 Å². The van der Waals surface area contributed by atoms with Crippen LogP contribution in [0.1, 0.15) is 16.2 Å². The van der Waals surface area contributed by atoms with Crippen LogP contribution in [0.25, 0.3) is 11.5 Å². The second-order valence-electron chi connectivity index (χ2n) is 6.21. The first-order valence-electron chi connectivity index (χ1n) is 8.86. The second kappa shape index (κ2) is 8.75. The van der Waals surface area contributed by atoms with Gasteiger partial charge in [0.25, 0.3) is 11.6 Å². The first kappa shape index (κ1) is 20.2. The number of nitro benzene ring substituents is 1. The molecular formula is C19H14N6O5S. The number of rotatable bonds is 7. The van der Waals surface area contributed by atoms with Crippen molar-refractivity contribution in [2.45, 2.75) is 16.7 Å². The lowest BCUT2D eigenvalue weighted by Gasteiger charge is -2.05. The van der Waals surface area contributed by atoms with Crippen molar-refractivity contribution in [3.8, 4) is 11.5 Å². The van der Waals surface area contributed by atoms with E-state index in [4.69, 9.17) is 9.15 Å². The van der Waals surface area contributed by atoms with Crippen molar-refractivity contribution in [2.24, 2.45) is 7.05 Å². The summed E-state index contributed by atoms with van der Waals surface area (Å²) in [6.45, 7) is -0.262. The van der Waals surface area contributed by atoms with Crippen LogP contribution < -0.4 is 0 Å². The molecule has 0 spiro atoms. The zero-order valence-corrected chi connectivity index (χ0v) is 16.9. The Kier molecular flexibility index (Phi) is 5.71. The Hall–Kier alpha value is -4.06. The highest BCUT2D eigenvalue weighted by Crippen LogP contribution is 2.34. The molecule has 156 valence electrons. The van der Waals surface area contributed by atoms with E-state index in [-0.39, 0.29) is 23.7 Å². The molecule has 0 amide bonds. The summed E-state index contributed by atoms with van der Waals surface area (Å²) in [7, 11) is 1.72. The van der Waals surface area contributed by atoms with Gasteiger partial charge >= 0.3 is 5.97 Å². The van der Waals surface area contributed by atoms with Crippen LogP contribution in [0, 0.1) is 10.1 Å². The number of benzene rings is 2. The third-order valence-corrected chi connectivity index (χ3v) is 5.19. The number of nitrogens with zero attached hydrogens (tertiary/aromatic N) is 6.